The fraction of sp³-hybridized carbons (Fsp3) is 0.105. The van der Waals surface area contributed by atoms with Crippen molar-refractivity contribution in [3.8, 4) is 17.6 Å². The van der Waals surface area contributed by atoms with Gasteiger partial charge in [-0.1, -0.05) is 36.4 Å². The Balaban J connectivity index is 2.43. The first-order valence-corrected chi connectivity index (χ1v) is 8.25. The summed E-state index contributed by atoms with van der Waals surface area (Å²) in [7, 11) is 1.57. The van der Waals surface area contributed by atoms with E-state index in [1.165, 1.54) is 0 Å². The molecule has 24 heavy (non-hydrogen) atoms. The predicted molar refractivity (Wildman–Crippen MR) is 101 cm³/mol. The third kappa shape index (κ3) is 4.41. The zero-order valence-electron chi connectivity index (χ0n) is 13.1. The number of allylic oxidation sites excluding steroid dienone is 1. The second-order valence-corrected chi connectivity index (χ2v) is 6.10. The predicted octanol–water partition coefficient (Wildman–Crippen LogP) is 5.74. The van der Waals surface area contributed by atoms with Gasteiger partial charge in [0.2, 0.25) is 0 Å². The molecule has 0 saturated carbocycles. The molecule has 0 unspecified atom stereocenters. The number of rotatable bonds is 6. The third-order valence-electron chi connectivity index (χ3n) is 3.18. The Labute approximate surface area is 154 Å². The lowest BCUT2D eigenvalue weighted by Gasteiger charge is -2.12. The van der Waals surface area contributed by atoms with Crippen LogP contribution in [0.15, 0.2) is 53.5 Å². The lowest BCUT2D eigenvalue weighted by molar-refractivity contribution is 0.324. The minimum Gasteiger partial charge on any atom is -0.493 e. The Morgan fingerprint density at radius 2 is 2.04 bits per heavy atom. The summed E-state index contributed by atoms with van der Waals surface area (Å²) in [5.74, 6) is 1.17. The van der Waals surface area contributed by atoms with Gasteiger partial charge in [0.05, 0.1) is 23.2 Å². The number of benzene rings is 2. The molecule has 0 saturated heterocycles. The number of hydrogen-bond acceptors (Lipinski definition) is 3. The molecule has 0 atom stereocenters. The van der Waals surface area contributed by atoms with Gasteiger partial charge in [0.1, 0.15) is 6.61 Å². The molecule has 2 aromatic rings. The molecule has 0 N–H and O–H groups in total. The first-order valence-electron chi connectivity index (χ1n) is 7.08. The maximum absolute atomic E-state index is 9.45. The van der Waals surface area contributed by atoms with Crippen molar-refractivity contribution in [1.82, 2.24) is 0 Å². The Hall–Kier alpha value is -2.22. The molecule has 0 spiro atoms. The molecular weight excluding hydrogens is 390 g/mol. The van der Waals surface area contributed by atoms with E-state index in [1.54, 1.807) is 31.4 Å². The van der Waals surface area contributed by atoms with Crippen molar-refractivity contribution in [2.75, 3.05) is 13.7 Å². The molecule has 0 heterocycles. The van der Waals surface area contributed by atoms with Crippen molar-refractivity contribution < 1.29 is 9.47 Å². The van der Waals surface area contributed by atoms with Gasteiger partial charge in [0, 0.05) is 5.02 Å². The van der Waals surface area contributed by atoms with Crippen LogP contribution in [0.4, 0.5) is 0 Å². The van der Waals surface area contributed by atoms with Crippen LogP contribution in [0.2, 0.25) is 5.02 Å². The number of nitrogens with zero attached hydrogens (tertiary/aromatic N) is 1. The van der Waals surface area contributed by atoms with E-state index < -0.39 is 0 Å². The number of hydrogen-bond donors (Lipinski definition) is 0. The van der Waals surface area contributed by atoms with Gasteiger partial charge in [-0.3, -0.25) is 0 Å². The zero-order valence-corrected chi connectivity index (χ0v) is 15.4. The molecule has 0 aliphatic carbocycles. The van der Waals surface area contributed by atoms with Gasteiger partial charge >= 0.3 is 0 Å². The first-order chi connectivity index (χ1) is 11.6. The monoisotopic (exact) mass is 403 g/mol. The standard InChI is InChI=1S/C19H15BrClNO2/c1-3-8-24-19-17(20)10-13(11-18(19)23-2)9-15(12-22)14-4-6-16(21)7-5-14/h3-7,9-11H,1,8H2,2H3/b15-9-. The SMILES string of the molecule is C=CCOc1c(Br)cc(/C=C(/C#N)c2ccc(Cl)cc2)cc1OC. The minimum atomic E-state index is 0.373. The highest BCUT2D eigenvalue weighted by atomic mass is 79.9. The van der Waals surface area contributed by atoms with E-state index in [0.717, 1.165) is 15.6 Å². The van der Waals surface area contributed by atoms with Crippen LogP contribution >= 0.6 is 27.5 Å². The third-order valence-corrected chi connectivity index (χ3v) is 4.02. The molecule has 0 aliphatic heterocycles. The smallest absolute Gasteiger partial charge is 0.175 e. The number of methoxy groups -OCH3 is 1. The highest BCUT2D eigenvalue weighted by molar-refractivity contribution is 9.10. The summed E-state index contributed by atoms with van der Waals surface area (Å²) < 4.78 is 11.7. The van der Waals surface area contributed by atoms with Crippen molar-refractivity contribution >= 4 is 39.2 Å². The minimum absolute atomic E-state index is 0.373. The maximum Gasteiger partial charge on any atom is 0.175 e. The van der Waals surface area contributed by atoms with Crippen LogP contribution in [0.3, 0.4) is 0 Å². The topological polar surface area (TPSA) is 42.2 Å². The zero-order chi connectivity index (χ0) is 17.5. The summed E-state index contributed by atoms with van der Waals surface area (Å²) in [6, 6.07) is 13.0. The van der Waals surface area contributed by atoms with Crippen LogP contribution in [-0.2, 0) is 0 Å². The Morgan fingerprint density at radius 1 is 1.33 bits per heavy atom. The van der Waals surface area contributed by atoms with E-state index in [-0.39, 0.29) is 0 Å². The second kappa shape index (κ2) is 8.58. The second-order valence-electron chi connectivity index (χ2n) is 4.81. The lowest BCUT2D eigenvalue weighted by atomic mass is 10.0. The van der Waals surface area contributed by atoms with E-state index in [2.05, 4.69) is 28.6 Å². The van der Waals surface area contributed by atoms with Gasteiger partial charge in [0.25, 0.3) is 0 Å². The maximum atomic E-state index is 9.45. The van der Waals surface area contributed by atoms with Crippen LogP contribution in [0.5, 0.6) is 11.5 Å². The van der Waals surface area contributed by atoms with Crippen molar-refractivity contribution in [2.24, 2.45) is 0 Å². The Morgan fingerprint density at radius 3 is 2.62 bits per heavy atom. The summed E-state index contributed by atoms with van der Waals surface area (Å²) in [5, 5.41) is 10.1. The molecule has 2 aromatic carbocycles. The molecule has 0 bridgehead atoms. The fourth-order valence-electron chi connectivity index (χ4n) is 2.08. The van der Waals surface area contributed by atoms with Crippen LogP contribution < -0.4 is 9.47 Å². The van der Waals surface area contributed by atoms with Gasteiger partial charge in [-0.05, 0) is 57.4 Å². The van der Waals surface area contributed by atoms with Crippen LogP contribution in [0.25, 0.3) is 11.6 Å². The summed E-state index contributed by atoms with van der Waals surface area (Å²) >= 11 is 9.37. The molecule has 0 aliphatic rings. The molecular formula is C19H15BrClNO2. The summed E-state index contributed by atoms with van der Waals surface area (Å²) in [4.78, 5) is 0. The van der Waals surface area contributed by atoms with Crippen molar-refractivity contribution in [3.63, 3.8) is 0 Å². The van der Waals surface area contributed by atoms with Gasteiger partial charge in [0.15, 0.2) is 11.5 Å². The van der Waals surface area contributed by atoms with Crippen molar-refractivity contribution in [1.29, 1.82) is 5.26 Å². The average Bonchev–Trinajstić information content (AvgIpc) is 2.59. The summed E-state index contributed by atoms with van der Waals surface area (Å²) in [5.41, 5.74) is 2.14. The molecule has 122 valence electrons. The number of halogens is 2. The summed E-state index contributed by atoms with van der Waals surface area (Å²) in [6.07, 6.45) is 3.45. The van der Waals surface area contributed by atoms with E-state index in [1.807, 2.05) is 24.3 Å². The largest absolute Gasteiger partial charge is 0.493 e. The molecule has 5 heteroatoms. The molecule has 0 aromatic heterocycles. The van der Waals surface area contributed by atoms with E-state index >= 15 is 0 Å². The lowest BCUT2D eigenvalue weighted by Crippen LogP contribution is -1.97. The van der Waals surface area contributed by atoms with Gasteiger partial charge in [-0.15, -0.1) is 0 Å². The molecule has 3 nitrogen and oxygen atoms in total. The molecule has 0 amide bonds. The Kier molecular flexibility index (Phi) is 6.48. The van der Waals surface area contributed by atoms with Crippen molar-refractivity contribution in [2.45, 2.75) is 0 Å². The number of ether oxygens (including phenoxy) is 2. The molecule has 2 rings (SSSR count). The van der Waals surface area contributed by atoms with Gasteiger partial charge in [-0.2, -0.15) is 5.26 Å². The van der Waals surface area contributed by atoms with E-state index in [0.29, 0.717) is 28.7 Å². The van der Waals surface area contributed by atoms with Gasteiger partial charge < -0.3 is 9.47 Å². The Bertz CT molecular complexity index is 807. The normalized spacial score (nSPS) is 10.8. The number of nitriles is 1. The van der Waals surface area contributed by atoms with Crippen LogP contribution in [0.1, 0.15) is 11.1 Å². The van der Waals surface area contributed by atoms with E-state index in [9.17, 15) is 5.26 Å². The average molecular weight is 405 g/mol. The fourth-order valence-corrected chi connectivity index (χ4v) is 2.78. The summed E-state index contributed by atoms with van der Waals surface area (Å²) in [6.45, 7) is 4.01. The van der Waals surface area contributed by atoms with Gasteiger partial charge in [-0.25, -0.2) is 0 Å². The first kappa shape index (κ1) is 18.1. The highest BCUT2D eigenvalue weighted by Gasteiger charge is 2.11. The van der Waals surface area contributed by atoms with Crippen LogP contribution in [-0.4, -0.2) is 13.7 Å². The molecule has 0 fully saturated rings. The van der Waals surface area contributed by atoms with Crippen molar-refractivity contribution in [3.05, 3.63) is 69.7 Å². The van der Waals surface area contributed by atoms with Crippen LogP contribution in [0, 0.1) is 11.3 Å². The molecule has 0 radical (unpaired) electrons. The quantitative estimate of drug-likeness (QED) is 0.350. The van der Waals surface area contributed by atoms with E-state index in [4.69, 9.17) is 21.1 Å². The highest BCUT2D eigenvalue weighted by Crippen LogP contribution is 2.37.